The zero-order chi connectivity index (χ0) is 11.5. The van der Waals surface area contributed by atoms with Crippen molar-refractivity contribution in [2.75, 3.05) is 12.0 Å². The smallest absolute Gasteiger partial charge is 0.147 e. The largest absolute Gasteiger partial charge is 0.229 e. The highest BCUT2D eigenvalue weighted by Crippen LogP contribution is 2.34. The molecular weight excluding hydrogens is 208 g/mol. The van der Waals surface area contributed by atoms with Gasteiger partial charge in [0.25, 0.3) is 0 Å². The molecule has 1 fully saturated rings. The highest BCUT2D eigenvalue weighted by Gasteiger charge is 2.23. The number of hydrogen-bond acceptors (Lipinski definition) is 2. The molecule has 2 nitrogen and oxygen atoms in total. The summed E-state index contributed by atoms with van der Waals surface area (Å²) in [4.78, 5) is 0. The van der Waals surface area contributed by atoms with Crippen molar-refractivity contribution in [3.63, 3.8) is 0 Å². The van der Waals surface area contributed by atoms with E-state index in [2.05, 4.69) is 13.8 Å². The van der Waals surface area contributed by atoms with Crippen molar-refractivity contribution >= 4 is 9.84 Å². The molecule has 1 rings (SSSR count). The van der Waals surface area contributed by atoms with Crippen molar-refractivity contribution in [3.8, 4) is 0 Å². The lowest BCUT2D eigenvalue weighted by Crippen LogP contribution is -2.20. The Morgan fingerprint density at radius 3 is 2.07 bits per heavy atom. The van der Waals surface area contributed by atoms with Crippen LogP contribution in [0.3, 0.4) is 0 Å². The van der Waals surface area contributed by atoms with Crippen molar-refractivity contribution in [1.29, 1.82) is 0 Å². The fraction of sp³-hybridized carbons (Fsp3) is 1.00. The van der Waals surface area contributed by atoms with Crippen LogP contribution in [0, 0.1) is 17.8 Å². The van der Waals surface area contributed by atoms with Gasteiger partial charge in [-0.15, -0.1) is 0 Å². The van der Waals surface area contributed by atoms with E-state index in [1.54, 1.807) is 0 Å². The van der Waals surface area contributed by atoms with Crippen LogP contribution in [0.4, 0.5) is 0 Å². The van der Waals surface area contributed by atoms with Crippen LogP contribution in [0.15, 0.2) is 0 Å². The first kappa shape index (κ1) is 13.0. The van der Waals surface area contributed by atoms with E-state index in [0.717, 1.165) is 18.3 Å². The van der Waals surface area contributed by atoms with Crippen molar-refractivity contribution in [1.82, 2.24) is 0 Å². The van der Waals surface area contributed by atoms with Crippen LogP contribution in [0.2, 0.25) is 0 Å². The van der Waals surface area contributed by atoms with E-state index in [0.29, 0.717) is 11.7 Å². The molecule has 0 unspecified atom stereocenters. The zero-order valence-corrected chi connectivity index (χ0v) is 11.0. The summed E-state index contributed by atoms with van der Waals surface area (Å²) < 4.78 is 22.1. The summed E-state index contributed by atoms with van der Waals surface area (Å²) >= 11 is 0. The van der Waals surface area contributed by atoms with Gasteiger partial charge in [0.15, 0.2) is 0 Å². The Hall–Kier alpha value is -0.0500. The SMILES string of the molecule is CC(C)C1CCC(CCS(C)(=O)=O)CC1. The van der Waals surface area contributed by atoms with Crippen molar-refractivity contribution in [2.24, 2.45) is 17.8 Å². The second-order valence-electron chi connectivity index (χ2n) is 5.44. The first-order chi connectivity index (χ1) is 6.88. The summed E-state index contributed by atoms with van der Waals surface area (Å²) in [7, 11) is -2.75. The normalized spacial score (nSPS) is 28.3. The molecule has 90 valence electrons. The van der Waals surface area contributed by atoms with E-state index < -0.39 is 9.84 Å². The molecule has 0 spiro atoms. The van der Waals surface area contributed by atoms with Crippen LogP contribution in [0.25, 0.3) is 0 Å². The highest BCUT2D eigenvalue weighted by atomic mass is 32.2. The van der Waals surface area contributed by atoms with Gasteiger partial charge in [-0.1, -0.05) is 26.7 Å². The average molecular weight is 232 g/mol. The monoisotopic (exact) mass is 232 g/mol. The predicted octanol–water partition coefficient (Wildman–Crippen LogP) is 2.88. The Labute approximate surface area is 94.4 Å². The molecule has 0 N–H and O–H groups in total. The lowest BCUT2D eigenvalue weighted by molar-refractivity contribution is 0.221. The van der Waals surface area contributed by atoms with Crippen LogP contribution in [0.5, 0.6) is 0 Å². The third-order valence-electron chi connectivity index (χ3n) is 3.73. The molecule has 0 aromatic carbocycles. The Morgan fingerprint density at radius 1 is 1.13 bits per heavy atom. The number of rotatable bonds is 4. The van der Waals surface area contributed by atoms with Gasteiger partial charge >= 0.3 is 0 Å². The highest BCUT2D eigenvalue weighted by molar-refractivity contribution is 7.90. The predicted molar refractivity (Wildman–Crippen MR) is 64.6 cm³/mol. The average Bonchev–Trinajstić information content (AvgIpc) is 2.14. The third kappa shape index (κ3) is 5.01. The Kier molecular flexibility index (Phi) is 4.63. The van der Waals surface area contributed by atoms with E-state index in [1.165, 1.54) is 31.9 Å². The van der Waals surface area contributed by atoms with Gasteiger partial charge in [0.2, 0.25) is 0 Å². The Bertz CT molecular complexity index is 272. The summed E-state index contributed by atoms with van der Waals surface area (Å²) in [6.07, 6.45) is 7.28. The van der Waals surface area contributed by atoms with Gasteiger partial charge < -0.3 is 0 Å². The molecule has 0 bridgehead atoms. The minimum atomic E-state index is -2.75. The minimum Gasteiger partial charge on any atom is -0.229 e. The van der Waals surface area contributed by atoms with E-state index in [-0.39, 0.29) is 0 Å². The Balaban J connectivity index is 2.26. The summed E-state index contributed by atoms with van der Waals surface area (Å²) in [6.45, 7) is 4.59. The van der Waals surface area contributed by atoms with Crippen LogP contribution in [0.1, 0.15) is 46.0 Å². The molecule has 0 amide bonds. The molecule has 1 aliphatic carbocycles. The molecule has 0 aromatic rings. The van der Waals surface area contributed by atoms with E-state index in [9.17, 15) is 8.42 Å². The minimum absolute atomic E-state index is 0.379. The van der Waals surface area contributed by atoms with Gasteiger partial charge in [0.05, 0.1) is 5.75 Å². The van der Waals surface area contributed by atoms with Gasteiger partial charge in [-0.25, -0.2) is 8.42 Å². The standard InChI is InChI=1S/C12H24O2S/c1-10(2)12-6-4-11(5-7-12)8-9-15(3,13)14/h10-12H,4-9H2,1-3H3. The Morgan fingerprint density at radius 2 is 1.67 bits per heavy atom. The fourth-order valence-electron chi connectivity index (χ4n) is 2.52. The fourth-order valence-corrected chi connectivity index (χ4v) is 3.29. The molecule has 0 aliphatic heterocycles. The van der Waals surface area contributed by atoms with Crippen molar-refractivity contribution in [3.05, 3.63) is 0 Å². The van der Waals surface area contributed by atoms with Crippen LogP contribution in [-0.2, 0) is 9.84 Å². The quantitative estimate of drug-likeness (QED) is 0.747. The topological polar surface area (TPSA) is 34.1 Å². The first-order valence-electron chi connectivity index (χ1n) is 6.06. The number of hydrogen-bond donors (Lipinski definition) is 0. The number of sulfone groups is 1. The second-order valence-corrected chi connectivity index (χ2v) is 7.70. The van der Waals surface area contributed by atoms with E-state index in [4.69, 9.17) is 0 Å². The van der Waals surface area contributed by atoms with E-state index >= 15 is 0 Å². The molecule has 15 heavy (non-hydrogen) atoms. The zero-order valence-electron chi connectivity index (χ0n) is 10.2. The van der Waals surface area contributed by atoms with Gasteiger partial charge in [0, 0.05) is 6.26 Å². The molecule has 0 saturated heterocycles. The maximum atomic E-state index is 11.0. The lowest BCUT2D eigenvalue weighted by atomic mass is 9.76. The molecule has 0 radical (unpaired) electrons. The van der Waals surface area contributed by atoms with Crippen LogP contribution in [-0.4, -0.2) is 20.4 Å². The summed E-state index contributed by atoms with van der Waals surface area (Å²) in [6, 6.07) is 0. The maximum absolute atomic E-state index is 11.0. The second kappa shape index (κ2) is 5.33. The van der Waals surface area contributed by atoms with Crippen LogP contribution >= 0.6 is 0 Å². The molecule has 1 saturated carbocycles. The molecule has 0 atom stereocenters. The molecule has 0 heterocycles. The van der Waals surface area contributed by atoms with Gasteiger partial charge in [-0.05, 0) is 37.0 Å². The lowest BCUT2D eigenvalue weighted by Gasteiger charge is -2.30. The summed E-state index contributed by atoms with van der Waals surface area (Å²) in [5.74, 6) is 2.71. The maximum Gasteiger partial charge on any atom is 0.147 e. The van der Waals surface area contributed by atoms with E-state index in [1.807, 2.05) is 0 Å². The molecule has 1 aliphatic rings. The molecular formula is C12H24O2S. The van der Waals surface area contributed by atoms with Gasteiger partial charge in [-0.2, -0.15) is 0 Å². The van der Waals surface area contributed by atoms with Crippen LogP contribution < -0.4 is 0 Å². The third-order valence-corrected chi connectivity index (χ3v) is 4.71. The van der Waals surface area contributed by atoms with Gasteiger partial charge in [0.1, 0.15) is 9.84 Å². The van der Waals surface area contributed by atoms with Gasteiger partial charge in [-0.3, -0.25) is 0 Å². The molecule has 3 heteroatoms. The summed E-state index contributed by atoms with van der Waals surface area (Å²) in [5.41, 5.74) is 0. The van der Waals surface area contributed by atoms with Crippen molar-refractivity contribution < 1.29 is 8.42 Å². The first-order valence-corrected chi connectivity index (χ1v) is 8.12. The molecule has 0 aromatic heterocycles. The van der Waals surface area contributed by atoms with Crippen molar-refractivity contribution in [2.45, 2.75) is 46.0 Å². The summed E-state index contributed by atoms with van der Waals surface area (Å²) in [5, 5.41) is 0.